The summed E-state index contributed by atoms with van der Waals surface area (Å²) in [6, 6.07) is 10.5. The van der Waals surface area contributed by atoms with Gasteiger partial charge in [-0.1, -0.05) is 23.2 Å². The molecule has 7 nitrogen and oxygen atoms in total. The van der Waals surface area contributed by atoms with E-state index < -0.39 is 21.8 Å². The number of benzene rings is 2. The number of nitrogens with one attached hydrogen (secondary N) is 1. The second-order valence-corrected chi connectivity index (χ2v) is 10.6. The van der Waals surface area contributed by atoms with Gasteiger partial charge in [-0.3, -0.25) is 4.72 Å². The Balaban J connectivity index is 1.45. The first kappa shape index (κ1) is 26.3. The van der Waals surface area contributed by atoms with Gasteiger partial charge in [-0.2, -0.15) is 13.2 Å². The largest absolute Gasteiger partial charge is 0.487 e. The quantitative estimate of drug-likeness (QED) is 0.376. The van der Waals surface area contributed by atoms with Gasteiger partial charge < -0.3 is 14.4 Å². The van der Waals surface area contributed by atoms with Crippen molar-refractivity contribution in [2.75, 3.05) is 24.9 Å². The van der Waals surface area contributed by atoms with Crippen LogP contribution in [0.4, 0.5) is 18.9 Å². The van der Waals surface area contributed by atoms with Gasteiger partial charge in [0.15, 0.2) is 0 Å². The SMILES string of the molecule is CN1CCC(Oc2cc(NS(=O)(=O)c3ccc(Oc4ncc(C(F)(F)F)cc4Cl)cc3)ccc2Cl)C1. The van der Waals surface area contributed by atoms with Gasteiger partial charge in [-0.25, -0.2) is 13.4 Å². The summed E-state index contributed by atoms with van der Waals surface area (Å²) in [4.78, 5) is 5.65. The van der Waals surface area contributed by atoms with Crippen molar-refractivity contribution in [3.05, 3.63) is 70.3 Å². The van der Waals surface area contributed by atoms with Crippen LogP contribution in [0.2, 0.25) is 10.0 Å². The summed E-state index contributed by atoms with van der Waals surface area (Å²) in [7, 11) is -1.99. The smallest absolute Gasteiger partial charge is 0.417 e. The summed E-state index contributed by atoms with van der Waals surface area (Å²) >= 11 is 12.1. The fraction of sp³-hybridized carbons (Fsp3) is 0.261. The molecule has 192 valence electrons. The van der Waals surface area contributed by atoms with Crippen molar-refractivity contribution in [1.29, 1.82) is 0 Å². The predicted octanol–water partition coefficient (Wildman–Crippen LogP) is 6.08. The minimum absolute atomic E-state index is 0.0421. The van der Waals surface area contributed by atoms with Gasteiger partial charge in [-0.15, -0.1) is 0 Å². The number of halogens is 5. The highest BCUT2D eigenvalue weighted by Gasteiger charge is 2.32. The maximum atomic E-state index is 12.9. The van der Waals surface area contributed by atoms with Crippen LogP contribution in [-0.2, 0) is 16.2 Å². The van der Waals surface area contributed by atoms with E-state index in [1.54, 1.807) is 6.07 Å². The van der Waals surface area contributed by atoms with Crippen LogP contribution >= 0.6 is 23.2 Å². The minimum atomic E-state index is -4.59. The van der Waals surface area contributed by atoms with Crippen molar-refractivity contribution in [3.63, 3.8) is 0 Å². The van der Waals surface area contributed by atoms with E-state index in [0.29, 0.717) is 23.0 Å². The molecule has 0 aliphatic carbocycles. The van der Waals surface area contributed by atoms with Gasteiger partial charge >= 0.3 is 6.18 Å². The molecule has 1 saturated heterocycles. The first-order valence-corrected chi connectivity index (χ1v) is 12.8. The predicted molar refractivity (Wildman–Crippen MR) is 130 cm³/mol. The van der Waals surface area contributed by atoms with Crippen molar-refractivity contribution in [2.24, 2.45) is 0 Å². The lowest BCUT2D eigenvalue weighted by Crippen LogP contribution is -2.21. The Morgan fingerprint density at radius 3 is 2.42 bits per heavy atom. The van der Waals surface area contributed by atoms with E-state index in [2.05, 4.69) is 14.6 Å². The third-order valence-electron chi connectivity index (χ3n) is 5.31. The monoisotopic (exact) mass is 561 g/mol. The molecule has 0 amide bonds. The van der Waals surface area contributed by atoms with Crippen LogP contribution < -0.4 is 14.2 Å². The van der Waals surface area contributed by atoms with E-state index in [0.717, 1.165) is 19.5 Å². The summed E-state index contributed by atoms with van der Waals surface area (Å²) in [5, 5.41) is 0.0257. The number of likely N-dealkylation sites (N-methyl/N-ethyl adjacent to an activating group) is 1. The molecule has 2 heterocycles. The number of hydrogen-bond donors (Lipinski definition) is 1. The van der Waals surface area contributed by atoms with Gasteiger partial charge in [-0.05, 0) is 55.9 Å². The number of aromatic nitrogens is 1. The number of sulfonamides is 1. The molecule has 0 spiro atoms. The number of likely N-dealkylation sites (tertiary alicyclic amines) is 1. The molecule has 1 aliphatic heterocycles. The zero-order chi connectivity index (χ0) is 26.1. The Morgan fingerprint density at radius 2 is 1.81 bits per heavy atom. The summed E-state index contributed by atoms with van der Waals surface area (Å²) in [5.74, 6) is 0.259. The van der Waals surface area contributed by atoms with E-state index in [1.165, 1.54) is 36.4 Å². The molecule has 36 heavy (non-hydrogen) atoms. The Kier molecular flexibility index (Phi) is 7.56. The molecule has 4 rings (SSSR count). The topological polar surface area (TPSA) is 80.8 Å². The standard InChI is InChI=1S/C23H20Cl2F3N3O4S/c1-31-9-8-17(13-31)34-21-11-15(2-7-19(21)24)30-36(32,33)18-5-3-16(4-6-18)35-22-20(25)10-14(12-29-22)23(26,27)28/h2-7,10-12,17,30H,8-9,13H2,1H3. The maximum Gasteiger partial charge on any atom is 0.417 e. The Morgan fingerprint density at radius 1 is 1.08 bits per heavy atom. The molecule has 2 aromatic carbocycles. The zero-order valence-corrected chi connectivity index (χ0v) is 21.0. The number of anilines is 1. The third kappa shape index (κ3) is 6.33. The fourth-order valence-electron chi connectivity index (χ4n) is 3.50. The molecular weight excluding hydrogens is 542 g/mol. The average Bonchev–Trinajstić information content (AvgIpc) is 3.21. The second-order valence-electron chi connectivity index (χ2n) is 8.12. The first-order valence-electron chi connectivity index (χ1n) is 10.6. The zero-order valence-electron chi connectivity index (χ0n) is 18.7. The lowest BCUT2D eigenvalue weighted by atomic mass is 10.3. The molecule has 1 N–H and O–H groups in total. The minimum Gasteiger partial charge on any atom is -0.487 e. The van der Waals surface area contributed by atoms with Crippen molar-refractivity contribution >= 4 is 38.9 Å². The number of alkyl halides is 3. The highest BCUT2D eigenvalue weighted by Crippen LogP contribution is 2.35. The van der Waals surface area contributed by atoms with Crippen molar-refractivity contribution in [2.45, 2.75) is 23.6 Å². The third-order valence-corrected chi connectivity index (χ3v) is 7.29. The van der Waals surface area contributed by atoms with Crippen molar-refractivity contribution in [3.8, 4) is 17.4 Å². The van der Waals surface area contributed by atoms with E-state index in [-0.39, 0.29) is 33.3 Å². The van der Waals surface area contributed by atoms with Crippen LogP contribution in [0.15, 0.2) is 59.6 Å². The summed E-state index contributed by atoms with van der Waals surface area (Å²) in [6.45, 7) is 1.64. The first-order chi connectivity index (χ1) is 16.9. The summed E-state index contributed by atoms with van der Waals surface area (Å²) in [5.41, 5.74) is -0.750. The van der Waals surface area contributed by atoms with Crippen molar-refractivity contribution in [1.82, 2.24) is 9.88 Å². The fourth-order valence-corrected chi connectivity index (χ4v) is 4.91. The van der Waals surface area contributed by atoms with Gasteiger partial charge in [0.05, 0.1) is 21.2 Å². The Hall–Kier alpha value is -2.73. The molecule has 1 fully saturated rings. The maximum absolute atomic E-state index is 12.9. The molecule has 0 bridgehead atoms. The van der Waals surface area contributed by atoms with Crippen LogP contribution in [0.5, 0.6) is 17.4 Å². The average molecular weight is 562 g/mol. The molecule has 1 atom stereocenters. The molecule has 1 unspecified atom stereocenters. The van der Waals surface area contributed by atoms with Crippen molar-refractivity contribution < 1.29 is 31.1 Å². The number of rotatable bonds is 7. The van der Waals surface area contributed by atoms with Gasteiger partial charge in [0.25, 0.3) is 10.0 Å². The number of hydrogen-bond acceptors (Lipinski definition) is 6. The molecule has 0 saturated carbocycles. The van der Waals surface area contributed by atoms with Gasteiger partial charge in [0.1, 0.15) is 22.6 Å². The number of pyridine rings is 1. The summed E-state index contributed by atoms with van der Waals surface area (Å²) < 4.78 is 77.9. The van der Waals surface area contributed by atoms with E-state index in [1.807, 2.05) is 7.05 Å². The lowest BCUT2D eigenvalue weighted by molar-refractivity contribution is -0.137. The Labute approximate surface area is 215 Å². The molecule has 13 heteroatoms. The van der Waals surface area contributed by atoms with Crippen LogP contribution in [0.3, 0.4) is 0 Å². The lowest BCUT2D eigenvalue weighted by Gasteiger charge is -2.16. The van der Waals surface area contributed by atoms with Gasteiger partial charge in [0, 0.05) is 25.4 Å². The normalized spacial score (nSPS) is 16.7. The molecule has 3 aromatic rings. The molecule has 1 aromatic heterocycles. The van der Waals surface area contributed by atoms with Crippen LogP contribution in [-0.4, -0.2) is 44.5 Å². The Bertz CT molecular complexity index is 1360. The number of ether oxygens (including phenoxy) is 2. The molecule has 1 aliphatic rings. The molecular formula is C23H20Cl2F3N3O4S. The van der Waals surface area contributed by atoms with E-state index >= 15 is 0 Å². The highest BCUT2D eigenvalue weighted by molar-refractivity contribution is 7.92. The summed E-state index contributed by atoms with van der Waals surface area (Å²) in [6.07, 6.45) is -3.20. The van der Waals surface area contributed by atoms with Crippen LogP contribution in [0.25, 0.3) is 0 Å². The van der Waals surface area contributed by atoms with Crippen LogP contribution in [0, 0.1) is 0 Å². The van der Waals surface area contributed by atoms with E-state index in [4.69, 9.17) is 32.7 Å². The number of nitrogens with zero attached hydrogens (tertiary/aromatic N) is 2. The highest BCUT2D eigenvalue weighted by atomic mass is 35.5. The second kappa shape index (κ2) is 10.3. The van der Waals surface area contributed by atoms with E-state index in [9.17, 15) is 21.6 Å². The molecule has 0 radical (unpaired) electrons. The van der Waals surface area contributed by atoms with Gasteiger partial charge in [0.2, 0.25) is 5.88 Å². The van der Waals surface area contributed by atoms with Crippen LogP contribution in [0.1, 0.15) is 12.0 Å².